The van der Waals surface area contributed by atoms with Crippen molar-refractivity contribution in [3.63, 3.8) is 0 Å². The SMILES string of the molecule is CC#COC(=O)c1ccccc1S(=O)(=O)[O-]. The lowest BCUT2D eigenvalue weighted by atomic mass is 10.2. The van der Waals surface area contributed by atoms with Crippen LogP contribution < -0.4 is 0 Å². The van der Waals surface area contributed by atoms with Crippen molar-refractivity contribution >= 4 is 16.1 Å². The van der Waals surface area contributed by atoms with Crippen LogP contribution >= 0.6 is 0 Å². The molecule has 0 aliphatic carbocycles. The van der Waals surface area contributed by atoms with Crippen LogP contribution in [0.5, 0.6) is 0 Å². The van der Waals surface area contributed by atoms with Gasteiger partial charge in [0.15, 0.2) is 0 Å². The van der Waals surface area contributed by atoms with Crippen LogP contribution in [-0.2, 0) is 14.9 Å². The molecule has 0 fully saturated rings. The topological polar surface area (TPSA) is 83.5 Å². The lowest BCUT2D eigenvalue weighted by Gasteiger charge is -2.10. The second-order valence-corrected chi connectivity index (χ2v) is 4.04. The van der Waals surface area contributed by atoms with Gasteiger partial charge >= 0.3 is 5.97 Å². The van der Waals surface area contributed by atoms with E-state index in [-0.39, 0.29) is 5.56 Å². The molecule has 0 atom stereocenters. The molecule has 0 aliphatic heterocycles. The minimum Gasteiger partial charge on any atom is -0.744 e. The highest BCUT2D eigenvalue weighted by Crippen LogP contribution is 2.15. The van der Waals surface area contributed by atoms with E-state index in [4.69, 9.17) is 0 Å². The van der Waals surface area contributed by atoms with E-state index in [9.17, 15) is 17.8 Å². The first-order chi connectivity index (χ1) is 7.46. The van der Waals surface area contributed by atoms with Gasteiger partial charge in [0, 0.05) is 6.92 Å². The van der Waals surface area contributed by atoms with Gasteiger partial charge in [0.25, 0.3) is 0 Å². The van der Waals surface area contributed by atoms with Gasteiger partial charge in [-0.1, -0.05) is 18.1 Å². The first kappa shape index (κ1) is 12.2. The van der Waals surface area contributed by atoms with Gasteiger partial charge < -0.3 is 9.29 Å². The zero-order valence-electron chi connectivity index (χ0n) is 8.26. The Hall–Kier alpha value is -1.84. The lowest BCUT2D eigenvalue weighted by Crippen LogP contribution is -2.09. The number of esters is 1. The van der Waals surface area contributed by atoms with E-state index in [0.717, 1.165) is 6.07 Å². The summed E-state index contributed by atoms with van der Waals surface area (Å²) < 4.78 is 36.9. The van der Waals surface area contributed by atoms with E-state index >= 15 is 0 Å². The smallest absolute Gasteiger partial charge is 0.353 e. The fourth-order valence-corrected chi connectivity index (χ4v) is 1.67. The maximum atomic E-state index is 11.3. The predicted octanol–water partition coefficient (Wildman–Crippen LogP) is 0.728. The van der Waals surface area contributed by atoms with Crippen molar-refractivity contribution in [2.45, 2.75) is 11.8 Å². The number of carbonyl (C=O) groups is 1. The highest BCUT2D eigenvalue weighted by molar-refractivity contribution is 7.85. The molecule has 0 unspecified atom stereocenters. The minimum atomic E-state index is -4.70. The van der Waals surface area contributed by atoms with Crippen molar-refractivity contribution < 1.29 is 22.5 Å². The van der Waals surface area contributed by atoms with Crippen molar-refractivity contribution in [1.29, 1.82) is 0 Å². The van der Waals surface area contributed by atoms with Crippen LogP contribution in [0, 0.1) is 12.0 Å². The molecular formula is C10H7O5S-. The minimum absolute atomic E-state index is 0.319. The summed E-state index contributed by atoms with van der Waals surface area (Å²) in [4.78, 5) is 10.7. The highest BCUT2D eigenvalue weighted by Gasteiger charge is 2.15. The third-order valence-corrected chi connectivity index (χ3v) is 2.52. The molecule has 0 saturated heterocycles. The number of carbonyl (C=O) groups excluding carboxylic acids is 1. The lowest BCUT2D eigenvalue weighted by molar-refractivity contribution is 0.0686. The standard InChI is InChI=1S/C10H8O5S/c1-2-7-15-10(11)8-5-3-4-6-9(8)16(12,13)14/h3-6H,1H3,(H,12,13,14)/p-1. The van der Waals surface area contributed by atoms with Crippen LogP contribution in [0.1, 0.15) is 17.3 Å². The molecule has 0 heterocycles. The van der Waals surface area contributed by atoms with E-state index < -0.39 is 21.0 Å². The molecule has 16 heavy (non-hydrogen) atoms. The molecule has 0 amide bonds. The summed E-state index contributed by atoms with van der Waals surface area (Å²) in [5.74, 6) is 1.34. The number of benzene rings is 1. The summed E-state index contributed by atoms with van der Waals surface area (Å²) in [6.45, 7) is 1.45. The quantitative estimate of drug-likeness (QED) is 0.431. The van der Waals surface area contributed by atoms with E-state index in [1.165, 1.54) is 25.1 Å². The maximum Gasteiger partial charge on any atom is 0.353 e. The molecule has 84 valence electrons. The highest BCUT2D eigenvalue weighted by atomic mass is 32.2. The third-order valence-electron chi connectivity index (χ3n) is 1.62. The number of rotatable bonds is 2. The first-order valence-electron chi connectivity index (χ1n) is 4.14. The van der Waals surface area contributed by atoms with E-state index in [2.05, 4.69) is 10.7 Å². The van der Waals surface area contributed by atoms with Crippen LogP contribution in [0.3, 0.4) is 0 Å². The molecule has 0 aromatic heterocycles. The Bertz CT molecular complexity index is 562. The van der Waals surface area contributed by atoms with Gasteiger partial charge in [0.05, 0.1) is 10.5 Å². The van der Waals surface area contributed by atoms with Gasteiger partial charge in [-0.3, -0.25) is 0 Å². The second kappa shape index (κ2) is 4.79. The van der Waals surface area contributed by atoms with Gasteiger partial charge in [-0.25, -0.2) is 13.2 Å². The molecule has 0 saturated carbocycles. The van der Waals surface area contributed by atoms with Gasteiger partial charge in [-0.15, -0.1) is 0 Å². The summed E-state index contributed by atoms with van der Waals surface area (Å²) in [7, 11) is -4.70. The summed E-state index contributed by atoms with van der Waals surface area (Å²) in [6.07, 6.45) is 2.03. The van der Waals surface area contributed by atoms with Crippen LogP contribution in [0.2, 0.25) is 0 Å². The normalized spacial score (nSPS) is 10.1. The third kappa shape index (κ3) is 2.82. The van der Waals surface area contributed by atoms with Crippen molar-refractivity contribution in [3.05, 3.63) is 29.8 Å². The Morgan fingerprint density at radius 2 is 2.00 bits per heavy atom. The molecule has 5 nitrogen and oxygen atoms in total. The van der Waals surface area contributed by atoms with Crippen molar-refractivity contribution in [1.82, 2.24) is 0 Å². The predicted molar refractivity (Wildman–Crippen MR) is 53.3 cm³/mol. The number of hydrogen-bond donors (Lipinski definition) is 0. The van der Waals surface area contributed by atoms with Crippen LogP contribution in [-0.4, -0.2) is 18.9 Å². The maximum absolute atomic E-state index is 11.3. The van der Waals surface area contributed by atoms with E-state index in [1.54, 1.807) is 0 Å². The van der Waals surface area contributed by atoms with Crippen LogP contribution in [0.25, 0.3) is 0 Å². The Morgan fingerprint density at radius 3 is 2.56 bits per heavy atom. The first-order valence-corrected chi connectivity index (χ1v) is 5.55. The molecule has 1 rings (SSSR count). The van der Waals surface area contributed by atoms with Gasteiger partial charge in [-0.05, 0) is 12.1 Å². The monoisotopic (exact) mass is 239 g/mol. The molecule has 6 heteroatoms. The summed E-state index contributed by atoms with van der Waals surface area (Å²) in [5, 5.41) is 0. The van der Waals surface area contributed by atoms with Gasteiger partial charge in [0.2, 0.25) is 0 Å². The fourth-order valence-electron chi connectivity index (χ4n) is 1.01. The Kier molecular flexibility index (Phi) is 3.66. The van der Waals surface area contributed by atoms with Crippen molar-refractivity contribution in [2.24, 2.45) is 0 Å². The van der Waals surface area contributed by atoms with Crippen LogP contribution in [0.15, 0.2) is 29.2 Å². The summed E-state index contributed by atoms with van der Waals surface area (Å²) in [5.41, 5.74) is -0.319. The fraction of sp³-hybridized carbons (Fsp3) is 0.100. The number of ether oxygens (including phenoxy) is 1. The average molecular weight is 239 g/mol. The molecule has 0 radical (unpaired) electrons. The molecule has 0 aliphatic rings. The second-order valence-electron chi connectivity index (χ2n) is 2.69. The van der Waals surface area contributed by atoms with Gasteiger partial charge in [-0.2, -0.15) is 0 Å². The molecule has 1 aromatic rings. The van der Waals surface area contributed by atoms with Crippen molar-refractivity contribution in [3.8, 4) is 12.0 Å². The van der Waals surface area contributed by atoms with Gasteiger partial charge in [0.1, 0.15) is 16.2 Å². The molecule has 1 aromatic carbocycles. The molecule has 0 spiro atoms. The summed E-state index contributed by atoms with van der Waals surface area (Å²) >= 11 is 0. The van der Waals surface area contributed by atoms with Crippen LogP contribution in [0.4, 0.5) is 0 Å². The average Bonchev–Trinajstić information content (AvgIpc) is 2.24. The van der Waals surface area contributed by atoms with E-state index in [0.29, 0.717) is 0 Å². The Balaban J connectivity index is 3.23. The zero-order valence-corrected chi connectivity index (χ0v) is 9.08. The largest absolute Gasteiger partial charge is 0.744 e. The van der Waals surface area contributed by atoms with Crippen molar-refractivity contribution in [2.75, 3.05) is 0 Å². The molecule has 0 N–H and O–H groups in total. The number of hydrogen-bond acceptors (Lipinski definition) is 5. The Morgan fingerprint density at radius 1 is 1.38 bits per heavy atom. The molecule has 0 bridgehead atoms. The van der Waals surface area contributed by atoms with E-state index in [1.807, 2.05) is 6.11 Å². The molecular weight excluding hydrogens is 232 g/mol. The summed E-state index contributed by atoms with van der Waals surface area (Å²) in [6, 6.07) is 4.99. The zero-order chi connectivity index (χ0) is 12.2. The Labute approximate surface area is 92.8 Å².